The summed E-state index contributed by atoms with van der Waals surface area (Å²) in [6, 6.07) is 37.2. The Morgan fingerprint density at radius 2 is 0.803 bits per heavy atom. The van der Waals surface area contributed by atoms with Gasteiger partial charge in [0, 0.05) is 39.3 Å². The second-order valence-electron chi connectivity index (χ2n) is 14.2. The van der Waals surface area contributed by atoms with Gasteiger partial charge in [0.2, 0.25) is 0 Å². The smallest absolute Gasteiger partial charge is 0.422 e. The molecule has 0 aliphatic carbocycles. The van der Waals surface area contributed by atoms with Gasteiger partial charge in [-0.3, -0.25) is 15.1 Å². The van der Waals surface area contributed by atoms with Gasteiger partial charge in [0.05, 0.1) is 0 Å². The zero-order valence-corrected chi connectivity index (χ0v) is 34.5. The first-order chi connectivity index (χ1) is 29.7. The highest BCUT2D eigenvalue weighted by atomic mass is 16.6. The number of benzene rings is 4. The SMILES string of the molecule is O=C(O)CN(CCCCN(CCCCN(CCCCNC(=O)OCc1ccccc1)NC(=O)OCc1ccccc1)C(=O)OCc1ccccc1)C(=O)OCc1ccccc1. The molecule has 0 aliphatic rings. The quantitative estimate of drug-likeness (QED) is 0.0320. The zero-order valence-electron chi connectivity index (χ0n) is 34.5. The number of hydrazine groups is 1. The molecule has 0 spiro atoms. The summed E-state index contributed by atoms with van der Waals surface area (Å²) in [5.74, 6) is -1.16. The third kappa shape index (κ3) is 20.3. The number of ether oxygens (including phenoxy) is 4. The Bertz CT molecular complexity index is 1870. The van der Waals surface area contributed by atoms with E-state index < -0.39 is 36.9 Å². The summed E-state index contributed by atoms with van der Waals surface area (Å²) in [6.45, 7) is 1.99. The Hall–Kier alpha value is -6.61. The van der Waals surface area contributed by atoms with Crippen molar-refractivity contribution >= 4 is 30.3 Å². The Kier molecular flexibility index (Phi) is 21.6. The minimum atomic E-state index is -1.16. The lowest BCUT2D eigenvalue weighted by molar-refractivity contribution is -0.138. The Balaban J connectivity index is 1.27. The van der Waals surface area contributed by atoms with Crippen LogP contribution in [0.2, 0.25) is 0 Å². The lowest BCUT2D eigenvalue weighted by Gasteiger charge is -2.25. The Labute approximate surface area is 357 Å². The Morgan fingerprint density at radius 1 is 0.443 bits per heavy atom. The fourth-order valence-electron chi connectivity index (χ4n) is 6.02. The van der Waals surface area contributed by atoms with Crippen molar-refractivity contribution in [1.29, 1.82) is 0 Å². The number of carboxylic acids is 1. The van der Waals surface area contributed by atoms with Crippen molar-refractivity contribution in [1.82, 2.24) is 25.6 Å². The number of hydrogen-bond donors (Lipinski definition) is 3. The molecule has 0 aromatic heterocycles. The maximum Gasteiger partial charge on any atom is 0.422 e. The van der Waals surface area contributed by atoms with E-state index in [-0.39, 0.29) is 33.0 Å². The number of carbonyl (C=O) groups is 5. The van der Waals surface area contributed by atoms with Crippen molar-refractivity contribution in [2.75, 3.05) is 45.8 Å². The van der Waals surface area contributed by atoms with Crippen molar-refractivity contribution < 1.29 is 48.0 Å². The zero-order chi connectivity index (χ0) is 43.3. The van der Waals surface area contributed by atoms with E-state index in [1.165, 1.54) is 0 Å². The van der Waals surface area contributed by atoms with Crippen LogP contribution in [-0.4, -0.2) is 96.1 Å². The fourth-order valence-corrected chi connectivity index (χ4v) is 6.02. The standard InChI is InChI=1S/C46H57N5O10/c52-42(53)33-50(46(57)61-37-41-25-11-4-12-26-41)30-16-15-28-49(45(56)60-36-40-23-9-3-10-24-40)29-17-18-32-51(48-44(55)59-35-39-21-7-2-8-22-39)31-14-13-27-47-43(54)58-34-38-19-5-1-6-20-38/h1-12,19-26H,13-18,27-37H2,(H,47,54)(H,48,55)(H,52,53). The molecule has 3 N–H and O–H groups in total. The van der Waals surface area contributed by atoms with Crippen LogP contribution >= 0.6 is 0 Å². The average Bonchev–Trinajstić information content (AvgIpc) is 3.28. The summed E-state index contributed by atoms with van der Waals surface area (Å²) in [4.78, 5) is 65.5. The van der Waals surface area contributed by atoms with E-state index in [0.717, 1.165) is 27.2 Å². The van der Waals surface area contributed by atoms with E-state index >= 15 is 0 Å². The van der Waals surface area contributed by atoms with Gasteiger partial charge in [-0.15, -0.1) is 0 Å². The molecule has 326 valence electrons. The summed E-state index contributed by atoms with van der Waals surface area (Å²) < 4.78 is 21.8. The van der Waals surface area contributed by atoms with Gasteiger partial charge in [-0.05, 0) is 60.8 Å². The molecule has 15 heteroatoms. The third-order valence-corrected chi connectivity index (χ3v) is 9.26. The van der Waals surface area contributed by atoms with Crippen LogP contribution in [0.15, 0.2) is 121 Å². The molecule has 4 aromatic rings. The average molecular weight is 840 g/mol. The normalized spacial score (nSPS) is 10.6. The first-order valence-electron chi connectivity index (χ1n) is 20.5. The second kappa shape index (κ2) is 28.0. The van der Waals surface area contributed by atoms with Crippen LogP contribution in [0.4, 0.5) is 19.2 Å². The van der Waals surface area contributed by atoms with Crippen molar-refractivity contribution in [2.24, 2.45) is 0 Å². The number of nitrogens with zero attached hydrogens (tertiary/aromatic N) is 3. The summed E-state index contributed by atoms with van der Waals surface area (Å²) in [5, 5.41) is 14.0. The highest BCUT2D eigenvalue weighted by Gasteiger charge is 2.20. The lowest BCUT2D eigenvalue weighted by atomic mass is 10.2. The number of rotatable bonds is 26. The molecule has 0 atom stereocenters. The van der Waals surface area contributed by atoms with Gasteiger partial charge in [-0.25, -0.2) is 24.2 Å². The number of amides is 4. The molecule has 0 heterocycles. The monoisotopic (exact) mass is 839 g/mol. The number of carboxylic acid groups (broad SMARTS) is 1. The predicted octanol–water partition coefficient (Wildman–Crippen LogP) is 7.76. The van der Waals surface area contributed by atoms with E-state index in [1.807, 2.05) is 121 Å². The largest absolute Gasteiger partial charge is 0.480 e. The predicted molar refractivity (Wildman–Crippen MR) is 228 cm³/mol. The molecule has 0 radical (unpaired) electrons. The van der Waals surface area contributed by atoms with Gasteiger partial charge in [-0.1, -0.05) is 121 Å². The van der Waals surface area contributed by atoms with Gasteiger partial charge in [0.25, 0.3) is 0 Å². The molecule has 0 saturated carbocycles. The number of nitrogens with one attached hydrogen (secondary N) is 2. The first kappa shape index (κ1) is 47.1. The van der Waals surface area contributed by atoms with Crippen LogP contribution in [-0.2, 0) is 50.2 Å². The maximum absolute atomic E-state index is 13.4. The minimum Gasteiger partial charge on any atom is -0.480 e. The van der Waals surface area contributed by atoms with Gasteiger partial charge in [-0.2, -0.15) is 0 Å². The Morgan fingerprint density at radius 3 is 1.25 bits per heavy atom. The summed E-state index contributed by atoms with van der Waals surface area (Å²) in [6.07, 6.45) is 1.01. The molecule has 0 bridgehead atoms. The van der Waals surface area contributed by atoms with Crippen LogP contribution in [0.5, 0.6) is 0 Å². The number of unbranched alkanes of at least 4 members (excludes halogenated alkanes) is 3. The molecular weight excluding hydrogens is 783 g/mol. The molecule has 15 nitrogen and oxygen atoms in total. The number of alkyl carbamates (subject to hydrolysis) is 1. The second-order valence-corrected chi connectivity index (χ2v) is 14.2. The molecule has 4 rings (SSSR count). The highest BCUT2D eigenvalue weighted by molar-refractivity contribution is 5.76. The molecule has 0 fully saturated rings. The van der Waals surface area contributed by atoms with E-state index in [1.54, 1.807) is 9.91 Å². The lowest BCUT2D eigenvalue weighted by Crippen LogP contribution is -2.44. The molecule has 61 heavy (non-hydrogen) atoms. The number of carbonyl (C=O) groups excluding carboxylic acids is 4. The molecule has 0 saturated heterocycles. The van der Waals surface area contributed by atoms with Crippen LogP contribution in [0.1, 0.15) is 60.8 Å². The number of hydrogen-bond acceptors (Lipinski definition) is 10. The van der Waals surface area contributed by atoms with Gasteiger partial charge in [0.1, 0.15) is 33.0 Å². The first-order valence-corrected chi connectivity index (χ1v) is 20.5. The van der Waals surface area contributed by atoms with Crippen molar-refractivity contribution in [2.45, 2.75) is 65.0 Å². The number of aliphatic carboxylic acids is 1. The highest BCUT2D eigenvalue weighted by Crippen LogP contribution is 2.10. The van der Waals surface area contributed by atoms with E-state index in [9.17, 15) is 29.1 Å². The van der Waals surface area contributed by atoms with Crippen LogP contribution in [0.25, 0.3) is 0 Å². The molecule has 4 amide bonds. The topological polar surface area (TPSA) is 176 Å². The van der Waals surface area contributed by atoms with Crippen LogP contribution in [0.3, 0.4) is 0 Å². The molecular formula is C46H57N5O10. The van der Waals surface area contributed by atoms with E-state index in [4.69, 9.17) is 18.9 Å². The fraction of sp³-hybridized carbons (Fsp3) is 0.370. The van der Waals surface area contributed by atoms with Crippen molar-refractivity contribution in [3.05, 3.63) is 144 Å². The van der Waals surface area contributed by atoms with E-state index in [2.05, 4.69) is 10.7 Å². The van der Waals surface area contributed by atoms with E-state index in [0.29, 0.717) is 71.2 Å². The molecule has 4 aromatic carbocycles. The van der Waals surface area contributed by atoms with Gasteiger partial charge >= 0.3 is 30.3 Å². The summed E-state index contributed by atoms with van der Waals surface area (Å²) in [5.41, 5.74) is 6.21. The molecule has 0 aliphatic heterocycles. The van der Waals surface area contributed by atoms with Gasteiger partial charge < -0.3 is 34.3 Å². The third-order valence-electron chi connectivity index (χ3n) is 9.26. The minimum absolute atomic E-state index is 0.0157. The van der Waals surface area contributed by atoms with Crippen molar-refractivity contribution in [3.8, 4) is 0 Å². The molecule has 0 unspecified atom stereocenters. The summed E-state index contributed by atoms with van der Waals surface area (Å²) in [7, 11) is 0. The maximum atomic E-state index is 13.4. The van der Waals surface area contributed by atoms with Gasteiger partial charge in [0.15, 0.2) is 0 Å². The summed E-state index contributed by atoms with van der Waals surface area (Å²) >= 11 is 0. The van der Waals surface area contributed by atoms with Crippen LogP contribution < -0.4 is 10.7 Å². The van der Waals surface area contributed by atoms with Crippen molar-refractivity contribution in [3.63, 3.8) is 0 Å². The van der Waals surface area contributed by atoms with Crippen LogP contribution in [0, 0.1) is 0 Å².